The number of hydrogen-bond acceptors (Lipinski definition) is 4. The Labute approximate surface area is 129 Å². The predicted molar refractivity (Wildman–Crippen MR) is 81.0 cm³/mol. The first-order valence-corrected chi connectivity index (χ1v) is 7.54. The van der Waals surface area contributed by atoms with Gasteiger partial charge >= 0.3 is 6.18 Å². The molecule has 0 saturated carbocycles. The maximum absolute atomic E-state index is 12.8. The third-order valence-corrected chi connectivity index (χ3v) is 4.48. The number of nitrogens with zero attached hydrogens (tertiary/aromatic N) is 1. The minimum absolute atomic E-state index is 0.0445. The number of fused-ring (bicyclic) bond motifs is 1. The number of aryl methyl sites for hydroxylation is 1. The third kappa shape index (κ3) is 3.01. The summed E-state index contributed by atoms with van der Waals surface area (Å²) in [5.41, 5.74) is 5.50. The van der Waals surface area contributed by atoms with Crippen molar-refractivity contribution in [3.8, 4) is 0 Å². The van der Waals surface area contributed by atoms with Crippen molar-refractivity contribution in [2.45, 2.75) is 39.4 Å². The summed E-state index contributed by atoms with van der Waals surface area (Å²) in [6.07, 6.45) is -3.79. The van der Waals surface area contributed by atoms with Crippen LogP contribution in [-0.2, 0) is 6.18 Å². The molecule has 8 heteroatoms. The van der Waals surface area contributed by atoms with E-state index in [2.05, 4.69) is 10.3 Å². The lowest BCUT2D eigenvalue weighted by Crippen LogP contribution is -2.31. The Hall–Kier alpha value is -1.83. The molecular weight excluding hydrogens is 315 g/mol. The van der Waals surface area contributed by atoms with Crippen LogP contribution in [0.3, 0.4) is 0 Å². The number of nitrogens with two attached hydrogens (primary N) is 1. The van der Waals surface area contributed by atoms with E-state index in [4.69, 9.17) is 5.73 Å². The number of carbonyl (C=O) groups excluding carboxylic acids is 1. The fourth-order valence-electron chi connectivity index (χ4n) is 2.02. The second kappa shape index (κ2) is 5.75. The molecule has 120 valence electrons. The van der Waals surface area contributed by atoms with Crippen molar-refractivity contribution in [2.24, 2.45) is 0 Å². The number of nitrogens with one attached hydrogen (secondary N) is 1. The molecular formula is C14H16F3N3OS. The smallest absolute Gasteiger partial charge is 0.397 e. The van der Waals surface area contributed by atoms with Gasteiger partial charge in [-0.15, -0.1) is 11.3 Å². The maximum Gasteiger partial charge on any atom is 0.433 e. The largest absolute Gasteiger partial charge is 0.433 e. The first kappa shape index (κ1) is 16.5. The SMILES string of the molecule is CC[C@H](C)NC(=O)c1sc2nc(C(F)(F)F)cc(C)c2c1N. The number of amides is 1. The van der Waals surface area contributed by atoms with E-state index in [1.165, 1.54) is 6.92 Å². The van der Waals surface area contributed by atoms with Crippen molar-refractivity contribution in [3.05, 3.63) is 22.2 Å². The summed E-state index contributed by atoms with van der Waals surface area (Å²) >= 11 is 0.881. The Balaban J connectivity index is 2.53. The summed E-state index contributed by atoms with van der Waals surface area (Å²) in [6.45, 7) is 5.28. The van der Waals surface area contributed by atoms with Gasteiger partial charge in [0, 0.05) is 11.4 Å². The third-order valence-electron chi connectivity index (χ3n) is 3.38. The topological polar surface area (TPSA) is 68.0 Å². The Bertz CT molecular complexity index is 724. The number of pyridine rings is 1. The molecule has 0 saturated heterocycles. The molecule has 0 aliphatic rings. The number of alkyl halides is 3. The Morgan fingerprint density at radius 2 is 2.14 bits per heavy atom. The summed E-state index contributed by atoms with van der Waals surface area (Å²) < 4.78 is 38.4. The first-order valence-electron chi connectivity index (χ1n) is 6.72. The van der Waals surface area contributed by atoms with Gasteiger partial charge in [0.25, 0.3) is 5.91 Å². The fraction of sp³-hybridized carbons (Fsp3) is 0.429. The molecule has 0 spiro atoms. The molecule has 2 rings (SSSR count). The lowest BCUT2D eigenvalue weighted by molar-refractivity contribution is -0.141. The minimum Gasteiger partial charge on any atom is -0.397 e. The fourth-order valence-corrected chi connectivity index (χ4v) is 3.09. The van der Waals surface area contributed by atoms with Crippen LogP contribution in [0, 0.1) is 6.92 Å². The monoisotopic (exact) mass is 331 g/mol. The van der Waals surface area contributed by atoms with Crippen LogP contribution in [0.15, 0.2) is 6.07 Å². The zero-order chi connectivity index (χ0) is 16.7. The molecule has 1 atom stereocenters. The van der Waals surface area contributed by atoms with E-state index in [0.29, 0.717) is 10.9 Å². The second-order valence-electron chi connectivity index (χ2n) is 5.13. The van der Waals surface area contributed by atoms with E-state index in [1.807, 2.05) is 13.8 Å². The van der Waals surface area contributed by atoms with Crippen LogP contribution in [0.4, 0.5) is 18.9 Å². The number of anilines is 1. The van der Waals surface area contributed by atoms with E-state index in [-0.39, 0.29) is 27.3 Å². The summed E-state index contributed by atoms with van der Waals surface area (Å²) in [6, 6.07) is 0.902. The number of aromatic nitrogens is 1. The van der Waals surface area contributed by atoms with E-state index < -0.39 is 11.9 Å². The van der Waals surface area contributed by atoms with Crippen molar-refractivity contribution in [1.82, 2.24) is 10.3 Å². The van der Waals surface area contributed by atoms with Crippen molar-refractivity contribution in [2.75, 3.05) is 5.73 Å². The molecule has 4 nitrogen and oxygen atoms in total. The van der Waals surface area contributed by atoms with Gasteiger partial charge in [-0.3, -0.25) is 4.79 Å². The average molecular weight is 331 g/mol. The molecule has 0 aliphatic heterocycles. The zero-order valence-corrected chi connectivity index (χ0v) is 13.2. The zero-order valence-electron chi connectivity index (χ0n) is 12.3. The summed E-state index contributed by atoms with van der Waals surface area (Å²) in [4.78, 5) is 16.1. The number of hydrogen-bond donors (Lipinski definition) is 2. The first-order chi connectivity index (χ1) is 10.1. The summed E-state index contributed by atoms with van der Waals surface area (Å²) in [5, 5.41) is 3.16. The quantitative estimate of drug-likeness (QED) is 0.900. The van der Waals surface area contributed by atoms with E-state index in [9.17, 15) is 18.0 Å². The predicted octanol–water partition coefficient (Wildman–Crippen LogP) is 3.73. The number of rotatable bonds is 3. The minimum atomic E-state index is -4.53. The Morgan fingerprint density at radius 1 is 1.50 bits per heavy atom. The molecule has 0 fully saturated rings. The van der Waals surface area contributed by atoms with Crippen molar-refractivity contribution >= 4 is 33.1 Å². The number of carbonyl (C=O) groups is 1. The Kier molecular flexibility index (Phi) is 4.32. The molecule has 2 heterocycles. The van der Waals surface area contributed by atoms with E-state index >= 15 is 0 Å². The molecule has 1 amide bonds. The standard InChI is InChI=1S/C14H16F3N3OS/c1-4-7(3)19-12(21)11-10(18)9-6(2)5-8(14(15,16)17)20-13(9)22-11/h5,7H,4,18H2,1-3H3,(H,19,21)/t7-/m0/s1. The Morgan fingerprint density at radius 3 is 2.68 bits per heavy atom. The van der Waals surface area contributed by atoms with Gasteiger partial charge in [0.1, 0.15) is 15.4 Å². The van der Waals surface area contributed by atoms with Crippen LogP contribution < -0.4 is 11.1 Å². The molecule has 0 aromatic carbocycles. The van der Waals surface area contributed by atoms with Crippen LogP contribution in [0.2, 0.25) is 0 Å². The highest BCUT2D eigenvalue weighted by atomic mass is 32.1. The average Bonchev–Trinajstić information content (AvgIpc) is 2.75. The van der Waals surface area contributed by atoms with Crippen molar-refractivity contribution < 1.29 is 18.0 Å². The summed E-state index contributed by atoms with van der Waals surface area (Å²) in [5.74, 6) is -0.386. The van der Waals surface area contributed by atoms with E-state index in [1.54, 1.807) is 0 Å². The molecule has 0 unspecified atom stereocenters. The molecule has 3 N–H and O–H groups in total. The number of halogens is 3. The van der Waals surface area contributed by atoms with Gasteiger partial charge in [0.05, 0.1) is 5.69 Å². The van der Waals surface area contributed by atoms with Crippen LogP contribution in [0.5, 0.6) is 0 Å². The maximum atomic E-state index is 12.8. The number of thiophene rings is 1. The molecule has 0 radical (unpaired) electrons. The highest BCUT2D eigenvalue weighted by Gasteiger charge is 2.34. The highest BCUT2D eigenvalue weighted by Crippen LogP contribution is 2.38. The second-order valence-corrected chi connectivity index (χ2v) is 6.13. The van der Waals surface area contributed by atoms with Gasteiger partial charge in [0.15, 0.2) is 0 Å². The van der Waals surface area contributed by atoms with Crippen molar-refractivity contribution in [3.63, 3.8) is 0 Å². The van der Waals surface area contributed by atoms with Crippen LogP contribution in [0.1, 0.15) is 41.2 Å². The normalized spacial score (nSPS) is 13.4. The van der Waals surface area contributed by atoms with Crippen LogP contribution in [-0.4, -0.2) is 16.9 Å². The molecule has 2 aromatic rings. The lowest BCUT2D eigenvalue weighted by atomic mass is 10.1. The van der Waals surface area contributed by atoms with Gasteiger partial charge in [0.2, 0.25) is 0 Å². The molecule has 0 bridgehead atoms. The van der Waals surface area contributed by atoms with Gasteiger partial charge < -0.3 is 11.1 Å². The van der Waals surface area contributed by atoms with Gasteiger partial charge in [-0.2, -0.15) is 13.2 Å². The van der Waals surface area contributed by atoms with Crippen LogP contribution >= 0.6 is 11.3 Å². The lowest BCUT2D eigenvalue weighted by Gasteiger charge is -2.10. The highest BCUT2D eigenvalue weighted by molar-refractivity contribution is 7.21. The van der Waals surface area contributed by atoms with Gasteiger partial charge in [-0.05, 0) is 31.9 Å². The molecule has 2 aromatic heterocycles. The molecule has 22 heavy (non-hydrogen) atoms. The van der Waals surface area contributed by atoms with Crippen LogP contribution in [0.25, 0.3) is 10.2 Å². The van der Waals surface area contributed by atoms with Gasteiger partial charge in [-0.1, -0.05) is 6.92 Å². The van der Waals surface area contributed by atoms with Crippen molar-refractivity contribution in [1.29, 1.82) is 0 Å². The van der Waals surface area contributed by atoms with E-state index in [0.717, 1.165) is 23.8 Å². The van der Waals surface area contributed by atoms with Gasteiger partial charge in [-0.25, -0.2) is 4.98 Å². The summed E-state index contributed by atoms with van der Waals surface area (Å²) in [7, 11) is 0. The number of nitrogen functional groups attached to an aromatic ring is 1. The molecule has 0 aliphatic carbocycles.